The van der Waals surface area contributed by atoms with Crippen molar-refractivity contribution in [2.75, 3.05) is 5.32 Å². The summed E-state index contributed by atoms with van der Waals surface area (Å²) in [6, 6.07) is 4.70. The van der Waals surface area contributed by atoms with Crippen molar-refractivity contribution >= 4 is 5.69 Å². The molecule has 4 atom stereocenters. The molecule has 1 aromatic carbocycles. The first-order valence-corrected chi connectivity index (χ1v) is 7.47. The molecule has 0 aromatic heterocycles. The summed E-state index contributed by atoms with van der Waals surface area (Å²) >= 11 is 0. The highest BCUT2D eigenvalue weighted by atomic mass is 19.4. The zero-order valence-corrected chi connectivity index (χ0v) is 12.2. The van der Waals surface area contributed by atoms with Gasteiger partial charge in [-0.15, -0.1) is 0 Å². The number of allylic oxidation sites excluding steroid dienone is 2. The Hall–Kier alpha value is -1.45. The SMILES string of the molecule is Cc1ccc(NC(C)C2CC3C=CC2C3)cc1C(F)(F)F. The van der Waals surface area contributed by atoms with Crippen molar-refractivity contribution in [3.05, 3.63) is 41.5 Å². The van der Waals surface area contributed by atoms with Crippen molar-refractivity contribution < 1.29 is 13.2 Å². The zero-order valence-electron chi connectivity index (χ0n) is 12.2. The summed E-state index contributed by atoms with van der Waals surface area (Å²) in [4.78, 5) is 0. The minimum Gasteiger partial charge on any atom is -0.382 e. The van der Waals surface area contributed by atoms with Crippen LogP contribution in [0, 0.1) is 24.7 Å². The molecule has 1 aromatic rings. The Morgan fingerprint density at radius 3 is 2.52 bits per heavy atom. The van der Waals surface area contributed by atoms with Crippen LogP contribution in [0.1, 0.15) is 30.9 Å². The number of rotatable bonds is 3. The van der Waals surface area contributed by atoms with Crippen LogP contribution in [0.15, 0.2) is 30.4 Å². The number of benzene rings is 1. The van der Waals surface area contributed by atoms with E-state index in [2.05, 4.69) is 24.4 Å². The highest BCUT2D eigenvalue weighted by molar-refractivity contribution is 5.50. The minimum absolute atomic E-state index is 0.189. The van der Waals surface area contributed by atoms with Crippen LogP contribution in [0.4, 0.5) is 18.9 Å². The van der Waals surface area contributed by atoms with Crippen molar-refractivity contribution in [1.82, 2.24) is 0 Å². The van der Waals surface area contributed by atoms with E-state index >= 15 is 0 Å². The summed E-state index contributed by atoms with van der Waals surface area (Å²) in [5.74, 6) is 1.79. The monoisotopic (exact) mass is 295 g/mol. The van der Waals surface area contributed by atoms with Gasteiger partial charge in [0.05, 0.1) is 5.56 Å². The largest absolute Gasteiger partial charge is 0.416 e. The Bertz CT molecular complexity index is 562. The van der Waals surface area contributed by atoms with Gasteiger partial charge in [0.2, 0.25) is 0 Å². The molecular weight excluding hydrogens is 275 g/mol. The summed E-state index contributed by atoms with van der Waals surface area (Å²) in [5.41, 5.74) is 0.281. The Morgan fingerprint density at radius 1 is 1.19 bits per heavy atom. The standard InChI is InChI=1S/C17H20F3N/c1-10-3-6-14(9-16(10)17(18,19)20)21-11(2)15-8-12-4-5-13(15)7-12/h3-6,9,11-13,15,21H,7-8H2,1-2H3. The van der Waals surface area contributed by atoms with Crippen LogP contribution in [-0.4, -0.2) is 6.04 Å². The molecule has 1 fully saturated rings. The lowest BCUT2D eigenvalue weighted by atomic mass is 9.87. The highest BCUT2D eigenvalue weighted by Gasteiger charge is 2.38. The Balaban J connectivity index is 1.74. The normalized spacial score (nSPS) is 28.9. The molecule has 114 valence electrons. The summed E-state index contributed by atoms with van der Waals surface area (Å²) in [5, 5.41) is 3.27. The molecule has 4 heteroatoms. The second kappa shape index (κ2) is 5.08. The maximum Gasteiger partial charge on any atom is 0.416 e. The molecular formula is C17H20F3N. The molecule has 2 aliphatic rings. The number of hydrogen-bond acceptors (Lipinski definition) is 1. The van der Waals surface area contributed by atoms with Gasteiger partial charge in [0, 0.05) is 11.7 Å². The molecule has 3 rings (SSSR count). The average molecular weight is 295 g/mol. The van der Waals surface area contributed by atoms with E-state index in [1.54, 1.807) is 12.1 Å². The first-order valence-electron chi connectivity index (χ1n) is 7.47. The number of aryl methyl sites for hydroxylation is 1. The van der Waals surface area contributed by atoms with Crippen LogP contribution in [-0.2, 0) is 6.18 Å². The number of anilines is 1. The molecule has 0 heterocycles. The molecule has 2 aliphatic carbocycles. The van der Waals surface area contributed by atoms with Gasteiger partial charge < -0.3 is 5.32 Å². The summed E-state index contributed by atoms with van der Waals surface area (Å²) in [6.45, 7) is 3.57. The van der Waals surface area contributed by atoms with Gasteiger partial charge in [-0.2, -0.15) is 13.2 Å². The molecule has 0 amide bonds. The maximum absolute atomic E-state index is 13.0. The third-order valence-corrected chi connectivity index (χ3v) is 4.91. The van der Waals surface area contributed by atoms with Crippen molar-refractivity contribution in [3.63, 3.8) is 0 Å². The van der Waals surface area contributed by atoms with E-state index in [4.69, 9.17) is 0 Å². The average Bonchev–Trinajstić information content (AvgIpc) is 3.02. The molecule has 0 aliphatic heterocycles. The first kappa shape index (κ1) is 14.5. The van der Waals surface area contributed by atoms with Crippen LogP contribution in [0.2, 0.25) is 0 Å². The Kier molecular flexibility index (Phi) is 3.50. The second-order valence-electron chi connectivity index (χ2n) is 6.40. The summed E-state index contributed by atoms with van der Waals surface area (Å²) in [7, 11) is 0. The van der Waals surface area contributed by atoms with Crippen molar-refractivity contribution in [3.8, 4) is 0 Å². The van der Waals surface area contributed by atoms with Gasteiger partial charge in [-0.3, -0.25) is 0 Å². The zero-order chi connectivity index (χ0) is 15.2. The molecule has 0 spiro atoms. The molecule has 21 heavy (non-hydrogen) atoms. The predicted octanol–water partition coefficient (Wildman–Crippen LogP) is 5.03. The fourth-order valence-corrected chi connectivity index (χ4v) is 3.79. The number of hydrogen-bond donors (Lipinski definition) is 1. The van der Waals surface area contributed by atoms with Gasteiger partial charge >= 0.3 is 6.18 Å². The van der Waals surface area contributed by atoms with Gasteiger partial charge in [0.1, 0.15) is 0 Å². The van der Waals surface area contributed by atoms with Gasteiger partial charge in [0.25, 0.3) is 0 Å². The smallest absolute Gasteiger partial charge is 0.382 e. The van der Waals surface area contributed by atoms with E-state index in [1.807, 2.05) is 0 Å². The van der Waals surface area contributed by atoms with E-state index in [0.29, 0.717) is 23.4 Å². The fourth-order valence-electron chi connectivity index (χ4n) is 3.79. The van der Waals surface area contributed by atoms with Crippen LogP contribution in [0.3, 0.4) is 0 Å². The van der Waals surface area contributed by atoms with Crippen molar-refractivity contribution in [1.29, 1.82) is 0 Å². The summed E-state index contributed by atoms with van der Waals surface area (Å²) < 4.78 is 38.9. The maximum atomic E-state index is 13.0. The predicted molar refractivity (Wildman–Crippen MR) is 78.1 cm³/mol. The second-order valence-corrected chi connectivity index (χ2v) is 6.40. The van der Waals surface area contributed by atoms with Gasteiger partial charge in [-0.1, -0.05) is 18.2 Å². The van der Waals surface area contributed by atoms with E-state index in [9.17, 15) is 13.2 Å². The number of alkyl halides is 3. The fraction of sp³-hybridized carbons (Fsp3) is 0.529. The molecule has 0 saturated heterocycles. The van der Waals surface area contributed by atoms with Gasteiger partial charge in [-0.05, 0) is 62.1 Å². The van der Waals surface area contributed by atoms with Gasteiger partial charge in [0.15, 0.2) is 0 Å². The molecule has 0 radical (unpaired) electrons. The van der Waals surface area contributed by atoms with E-state index in [-0.39, 0.29) is 11.6 Å². The highest BCUT2D eigenvalue weighted by Crippen LogP contribution is 2.45. The number of halogens is 3. The van der Waals surface area contributed by atoms with Crippen LogP contribution >= 0.6 is 0 Å². The van der Waals surface area contributed by atoms with Crippen LogP contribution in [0.25, 0.3) is 0 Å². The van der Waals surface area contributed by atoms with Crippen LogP contribution < -0.4 is 5.32 Å². The van der Waals surface area contributed by atoms with Gasteiger partial charge in [-0.25, -0.2) is 0 Å². The van der Waals surface area contributed by atoms with Crippen molar-refractivity contribution in [2.45, 2.75) is 38.9 Å². The lowest BCUT2D eigenvalue weighted by Crippen LogP contribution is -2.29. The third-order valence-electron chi connectivity index (χ3n) is 4.91. The molecule has 2 bridgehead atoms. The van der Waals surface area contributed by atoms with E-state index in [1.165, 1.54) is 19.4 Å². The molecule has 1 saturated carbocycles. The Labute approximate surface area is 123 Å². The lowest BCUT2D eigenvalue weighted by Gasteiger charge is -2.27. The number of nitrogens with one attached hydrogen (secondary N) is 1. The topological polar surface area (TPSA) is 12.0 Å². The van der Waals surface area contributed by atoms with Crippen LogP contribution in [0.5, 0.6) is 0 Å². The third kappa shape index (κ3) is 2.81. The Morgan fingerprint density at radius 2 is 1.95 bits per heavy atom. The first-order chi connectivity index (χ1) is 9.84. The minimum atomic E-state index is -4.29. The summed E-state index contributed by atoms with van der Waals surface area (Å²) in [6.07, 6.45) is 2.61. The van der Waals surface area contributed by atoms with Crippen molar-refractivity contribution in [2.24, 2.45) is 17.8 Å². The lowest BCUT2D eigenvalue weighted by molar-refractivity contribution is -0.138. The van der Waals surface area contributed by atoms with E-state index < -0.39 is 11.7 Å². The molecule has 4 unspecified atom stereocenters. The molecule has 1 N–H and O–H groups in total. The molecule has 1 nitrogen and oxygen atoms in total. The number of fused-ring (bicyclic) bond motifs is 2. The quantitative estimate of drug-likeness (QED) is 0.771. The van der Waals surface area contributed by atoms with E-state index in [0.717, 1.165) is 6.42 Å².